The lowest BCUT2D eigenvalue weighted by molar-refractivity contribution is 0.111. The maximum atomic E-state index is 5.11. The van der Waals surface area contributed by atoms with Crippen molar-refractivity contribution >= 4 is 0 Å². The van der Waals surface area contributed by atoms with Crippen LogP contribution in [0.3, 0.4) is 0 Å². The predicted octanol–water partition coefficient (Wildman–Crippen LogP) is 1.29. The summed E-state index contributed by atoms with van der Waals surface area (Å²) in [6, 6.07) is 0. The van der Waals surface area contributed by atoms with Gasteiger partial charge in [0.25, 0.3) is 0 Å². The van der Waals surface area contributed by atoms with Crippen molar-refractivity contribution in [3.05, 3.63) is 0 Å². The maximum Gasteiger partial charge on any atom is 0.119 e. The van der Waals surface area contributed by atoms with Gasteiger partial charge >= 0.3 is 0 Å². The Balaban J connectivity index is 3.57. The molecule has 1 atom stereocenters. The van der Waals surface area contributed by atoms with Crippen molar-refractivity contribution in [3.8, 4) is 12.3 Å². The van der Waals surface area contributed by atoms with Crippen molar-refractivity contribution in [2.45, 2.75) is 20.0 Å². The molecule has 0 saturated carbocycles. The molecule has 1 heteroatoms. The Hall–Kier alpha value is -0.480. The lowest BCUT2D eigenvalue weighted by Gasteiger charge is -2.10. The van der Waals surface area contributed by atoms with E-state index in [0.29, 0.717) is 5.92 Å². The fraction of sp³-hybridized carbons (Fsp3) is 0.714. The van der Waals surface area contributed by atoms with Gasteiger partial charge in [-0.25, -0.2) is 0 Å². The van der Waals surface area contributed by atoms with E-state index in [2.05, 4.69) is 5.92 Å². The smallest absolute Gasteiger partial charge is 0.119 e. The zero-order chi connectivity index (χ0) is 6.57. The van der Waals surface area contributed by atoms with Crippen LogP contribution in [0.4, 0.5) is 0 Å². The molecule has 0 aliphatic carbocycles. The van der Waals surface area contributed by atoms with E-state index in [1.165, 1.54) is 0 Å². The monoisotopic (exact) mass is 112 g/mol. The third-order valence-electron chi connectivity index (χ3n) is 1.02. The van der Waals surface area contributed by atoms with Crippen LogP contribution in [-0.4, -0.2) is 13.2 Å². The normalized spacial score (nSPS) is 13.4. The first-order valence-electron chi connectivity index (χ1n) is 2.71. The van der Waals surface area contributed by atoms with Crippen molar-refractivity contribution in [1.82, 2.24) is 0 Å². The minimum atomic E-state index is -0.0185. The van der Waals surface area contributed by atoms with Crippen LogP contribution in [-0.2, 0) is 4.74 Å². The largest absolute Gasteiger partial charge is 0.369 e. The minimum absolute atomic E-state index is 0.0185. The zero-order valence-corrected chi connectivity index (χ0v) is 5.64. The summed E-state index contributed by atoms with van der Waals surface area (Å²) in [5.74, 6) is 2.95. The van der Waals surface area contributed by atoms with Gasteiger partial charge in [-0.2, -0.15) is 0 Å². The first-order valence-corrected chi connectivity index (χ1v) is 2.71. The number of rotatable bonds is 2. The van der Waals surface area contributed by atoms with Crippen molar-refractivity contribution < 1.29 is 4.74 Å². The Kier molecular flexibility index (Phi) is 3.30. The average molecular weight is 112 g/mol. The highest BCUT2D eigenvalue weighted by atomic mass is 16.5. The third kappa shape index (κ3) is 1.99. The molecular weight excluding hydrogens is 100 g/mol. The van der Waals surface area contributed by atoms with Crippen LogP contribution in [0, 0.1) is 18.3 Å². The van der Waals surface area contributed by atoms with Crippen molar-refractivity contribution in [3.63, 3.8) is 0 Å². The number of methoxy groups -OCH3 is 1. The van der Waals surface area contributed by atoms with Crippen molar-refractivity contribution in [2.75, 3.05) is 7.11 Å². The summed E-state index contributed by atoms with van der Waals surface area (Å²) in [6.45, 7) is 4.07. The molecule has 1 unspecified atom stereocenters. The first kappa shape index (κ1) is 7.52. The molecule has 0 radical (unpaired) electrons. The van der Waals surface area contributed by atoms with Gasteiger partial charge in [-0.15, -0.1) is 6.42 Å². The highest BCUT2D eigenvalue weighted by Gasteiger charge is 2.05. The number of terminal acetylenes is 1. The van der Waals surface area contributed by atoms with Gasteiger partial charge in [-0.3, -0.25) is 0 Å². The minimum Gasteiger partial charge on any atom is -0.369 e. The quantitative estimate of drug-likeness (QED) is 0.489. The van der Waals surface area contributed by atoms with Crippen LogP contribution >= 0.6 is 0 Å². The summed E-state index contributed by atoms with van der Waals surface area (Å²) >= 11 is 0. The van der Waals surface area contributed by atoms with E-state index in [-0.39, 0.29) is 6.10 Å². The average Bonchev–Trinajstić information content (AvgIpc) is 1.69. The lowest BCUT2D eigenvalue weighted by Crippen LogP contribution is -2.14. The summed E-state index contributed by atoms with van der Waals surface area (Å²) in [5, 5.41) is 0. The SMILES string of the molecule is C#CC(OC)C(C)C. The lowest BCUT2D eigenvalue weighted by atomic mass is 10.1. The van der Waals surface area contributed by atoms with Crippen molar-refractivity contribution in [2.24, 2.45) is 5.92 Å². The molecule has 0 aromatic rings. The van der Waals surface area contributed by atoms with Gasteiger partial charge in [0, 0.05) is 7.11 Å². The molecule has 0 aliphatic rings. The van der Waals surface area contributed by atoms with Gasteiger partial charge < -0.3 is 4.74 Å². The third-order valence-corrected chi connectivity index (χ3v) is 1.02. The van der Waals surface area contributed by atoms with Crippen LogP contribution in [0.1, 0.15) is 13.8 Å². The second-order valence-electron chi connectivity index (χ2n) is 2.07. The molecule has 0 saturated heterocycles. The van der Waals surface area contributed by atoms with E-state index >= 15 is 0 Å². The molecule has 0 N–H and O–H groups in total. The predicted molar refractivity (Wildman–Crippen MR) is 34.5 cm³/mol. The van der Waals surface area contributed by atoms with E-state index < -0.39 is 0 Å². The van der Waals surface area contributed by atoms with Crippen molar-refractivity contribution in [1.29, 1.82) is 0 Å². The highest BCUT2D eigenvalue weighted by molar-refractivity contribution is 4.95. The van der Waals surface area contributed by atoms with Gasteiger partial charge in [-0.1, -0.05) is 19.8 Å². The number of hydrogen-bond donors (Lipinski definition) is 0. The molecule has 0 bridgehead atoms. The van der Waals surface area contributed by atoms with E-state index in [9.17, 15) is 0 Å². The zero-order valence-electron chi connectivity index (χ0n) is 5.64. The van der Waals surface area contributed by atoms with Gasteiger partial charge in [0.15, 0.2) is 0 Å². The Morgan fingerprint density at radius 3 is 2.00 bits per heavy atom. The van der Waals surface area contributed by atoms with Crippen LogP contribution in [0.5, 0.6) is 0 Å². The Morgan fingerprint density at radius 2 is 2.00 bits per heavy atom. The van der Waals surface area contributed by atoms with Gasteiger partial charge in [0.2, 0.25) is 0 Å². The molecule has 46 valence electrons. The second-order valence-corrected chi connectivity index (χ2v) is 2.07. The molecule has 0 heterocycles. The van der Waals surface area contributed by atoms with Gasteiger partial charge in [0.1, 0.15) is 6.10 Å². The molecule has 0 amide bonds. The van der Waals surface area contributed by atoms with E-state index in [1.54, 1.807) is 7.11 Å². The molecule has 0 aromatic heterocycles. The van der Waals surface area contributed by atoms with Gasteiger partial charge in [-0.05, 0) is 5.92 Å². The Morgan fingerprint density at radius 1 is 1.50 bits per heavy atom. The molecule has 0 aromatic carbocycles. The first-order chi connectivity index (χ1) is 3.72. The molecule has 8 heavy (non-hydrogen) atoms. The standard InChI is InChI=1S/C7H12O/c1-5-7(8-4)6(2)3/h1,6-7H,2-4H3. The van der Waals surface area contributed by atoms with E-state index in [0.717, 1.165) is 0 Å². The summed E-state index contributed by atoms with van der Waals surface area (Å²) < 4.78 is 4.92. The second kappa shape index (κ2) is 3.51. The molecule has 0 spiro atoms. The Bertz CT molecular complexity index is 89.1. The summed E-state index contributed by atoms with van der Waals surface area (Å²) in [7, 11) is 1.63. The summed E-state index contributed by atoms with van der Waals surface area (Å²) in [5.41, 5.74) is 0. The molecule has 0 rings (SSSR count). The Labute approximate surface area is 51.0 Å². The van der Waals surface area contributed by atoms with Crippen LogP contribution in [0.15, 0.2) is 0 Å². The molecular formula is C7H12O. The maximum absolute atomic E-state index is 5.11. The fourth-order valence-electron chi connectivity index (χ4n) is 0.533. The molecule has 1 nitrogen and oxygen atoms in total. The number of hydrogen-bond acceptors (Lipinski definition) is 1. The summed E-state index contributed by atoms with van der Waals surface area (Å²) in [4.78, 5) is 0. The van der Waals surface area contributed by atoms with Crippen LogP contribution < -0.4 is 0 Å². The van der Waals surface area contributed by atoms with Gasteiger partial charge in [0.05, 0.1) is 0 Å². The van der Waals surface area contributed by atoms with Crippen LogP contribution in [0.2, 0.25) is 0 Å². The highest BCUT2D eigenvalue weighted by Crippen LogP contribution is 2.02. The van der Waals surface area contributed by atoms with E-state index in [4.69, 9.17) is 11.2 Å². The van der Waals surface area contributed by atoms with Crippen LogP contribution in [0.25, 0.3) is 0 Å². The molecule has 0 aliphatic heterocycles. The molecule has 0 fully saturated rings. The topological polar surface area (TPSA) is 9.23 Å². The fourth-order valence-corrected chi connectivity index (χ4v) is 0.533. The summed E-state index contributed by atoms with van der Waals surface area (Å²) in [6.07, 6.45) is 5.09. The van der Waals surface area contributed by atoms with E-state index in [1.807, 2.05) is 13.8 Å². The number of ether oxygens (including phenoxy) is 1.